The third-order valence-electron chi connectivity index (χ3n) is 7.64. The molecule has 0 radical (unpaired) electrons. The van der Waals surface area contributed by atoms with E-state index in [-0.39, 0.29) is 0 Å². The minimum absolute atomic E-state index is 0.603. The molecular formula is C25H48. The molecule has 25 heavy (non-hydrogen) atoms. The van der Waals surface area contributed by atoms with Gasteiger partial charge in [-0.05, 0) is 67.6 Å². The fraction of sp³-hybridized carbons (Fsp3) is 0.920. The van der Waals surface area contributed by atoms with Gasteiger partial charge in [0.25, 0.3) is 0 Å². The van der Waals surface area contributed by atoms with E-state index in [0.29, 0.717) is 5.41 Å². The summed E-state index contributed by atoms with van der Waals surface area (Å²) in [5.74, 6) is 1.77. The molecule has 1 aliphatic rings. The van der Waals surface area contributed by atoms with Gasteiger partial charge in [-0.1, -0.05) is 85.6 Å². The van der Waals surface area contributed by atoms with E-state index < -0.39 is 0 Å². The average molecular weight is 349 g/mol. The molecule has 0 spiro atoms. The summed E-state index contributed by atoms with van der Waals surface area (Å²) >= 11 is 0. The van der Waals surface area contributed by atoms with Crippen molar-refractivity contribution < 1.29 is 0 Å². The maximum Gasteiger partial charge on any atom is -0.0272 e. The van der Waals surface area contributed by atoms with Crippen LogP contribution in [0.2, 0.25) is 0 Å². The Morgan fingerprint density at radius 3 is 2.28 bits per heavy atom. The van der Waals surface area contributed by atoms with Crippen LogP contribution in [0.25, 0.3) is 0 Å². The van der Waals surface area contributed by atoms with E-state index in [9.17, 15) is 0 Å². The highest BCUT2D eigenvalue weighted by Crippen LogP contribution is 2.54. The van der Waals surface area contributed by atoms with Gasteiger partial charge in [-0.2, -0.15) is 0 Å². The molecule has 1 rings (SSSR count). The molecule has 0 saturated heterocycles. The lowest BCUT2D eigenvalue weighted by Crippen LogP contribution is -2.30. The molecule has 0 amide bonds. The molecule has 3 unspecified atom stereocenters. The zero-order valence-corrected chi connectivity index (χ0v) is 18.3. The van der Waals surface area contributed by atoms with Crippen LogP contribution >= 0.6 is 0 Å². The number of allylic oxidation sites excluding steroid dienone is 1. The Morgan fingerprint density at radius 2 is 1.76 bits per heavy atom. The van der Waals surface area contributed by atoms with E-state index in [1.807, 2.05) is 0 Å². The molecular weight excluding hydrogens is 300 g/mol. The van der Waals surface area contributed by atoms with Gasteiger partial charge in [0.05, 0.1) is 0 Å². The number of hydrogen-bond donors (Lipinski definition) is 0. The van der Waals surface area contributed by atoms with E-state index in [1.165, 1.54) is 89.9 Å². The Bertz CT molecular complexity index is 351. The lowest BCUT2D eigenvalue weighted by molar-refractivity contribution is 0.0964. The van der Waals surface area contributed by atoms with E-state index in [4.69, 9.17) is 0 Å². The van der Waals surface area contributed by atoms with Crippen molar-refractivity contribution in [1.29, 1.82) is 0 Å². The number of hydrogen-bond acceptors (Lipinski definition) is 0. The summed E-state index contributed by atoms with van der Waals surface area (Å²) < 4.78 is 0. The fourth-order valence-electron chi connectivity index (χ4n) is 5.16. The first-order valence-electron chi connectivity index (χ1n) is 11.6. The van der Waals surface area contributed by atoms with Crippen LogP contribution in [0.15, 0.2) is 12.7 Å². The molecule has 0 heterocycles. The normalized spacial score (nSPS) is 20.7. The van der Waals surface area contributed by atoms with Crippen LogP contribution in [-0.4, -0.2) is 0 Å². The largest absolute Gasteiger partial charge is 0.103 e. The second kappa shape index (κ2) is 11.5. The topological polar surface area (TPSA) is 0 Å². The Morgan fingerprint density at radius 1 is 1.04 bits per heavy atom. The van der Waals surface area contributed by atoms with Crippen molar-refractivity contribution in [1.82, 2.24) is 0 Å². The van der Waals surface area contributed by atoms with Crippen LogP contribution in [0.1, 0.15) is 125 Å². The maximum absolute atomic E-state index is 3.90. The molecule has 0 nitrogen and oxygen atoms in total. The van der Waals surface area contributed by atoms with Gasteiger partial charge in [0.1, 0.15) is 0 Å². The van der Waals surface area contributed by atoms with Crippen molar-refractivity contribution >= 4 is 0 Å². The summed E-state index contributed by atoms with van der Waals surface area (Å²) in [6, 6.07) is 0. The lowest BCUT2D eigenvalue weighted by atomic mass is 9.64. The summed E-state index contributed by atoms with van der Waals surface area (Å²) in [6.45, 7) is 16.1. The molecule has 0 N–H and O–H groups in total. The first-order valence-corrected chi connectivity index (χ1v) is 11.6. The van der Waals surface area contributed by atoms with Gasteiger partial charge in [0, 0.05) is 0 Å². The van der Waals surface area contributed by atoms with Gasteiger partial charge in [-0.3, -0.25) is 0 Å². The second-order valence-corrected chi connectivity index (χ2v) is 9.51. The third kappa shape index (κ3) is 7.48. The Kier molecular flexibility index (Phi) is 10.4. The zero-order valence-electron chi connectivity index (χ0n) is 18.3. The number of rotatable bonds is 16. The van der Waals surface area contributed by atoms with E-state index in [2.05, 4.69) is 47.3 Å². The fourth-order valence-corrected chi connectivity index (χ4v) is 5.16. The monoisotopic (exact) mass is 348 g/mol. The van der Waals surface area contributed by atoms with Crippen molar-refractivity contribution in [3.05, 3.63) is 12.7 Å². The van der Waals surface area contributed by atoms with Gasteiger partial charge in [-0.15, -0.1) is 6.58 Å². The highest BCUT2D eigenvalue weighted by Gasteiger charge is 2.40. The van der Waals surface area contributed by atoms with Gasteiger partial charge in [0.15, 0.2) is 0 Å². The third-order valence-corrected chi connectivity index (χ3v) is 7.64. The predicted octanol–water partition coefficient (Wildman–Crippen LogP) is 8.95. The maximum atomic E-state index is 3.90. The van der Waals surface area contributed by atoms with Crippen LogP contribution in [-0.2, 0) is 0 Å². The first kappa shape index (κ1) is 22.8. The molecule has 0 aromatic heterocycles. The van der Waals surface area contributed by atoms with Crippen LogP contribution in [0.3, 0.4) is 0 Å². The zero-order chi connectivity index (χ0) is 18.8. The standard InChI is InChI=1S/C25H48/c1-7-11-16-24(19-20-24)17-13-12-14-18-25(10-4,21-22(5)9-3)23(6)15-8-2/h7,22-23H,1,8-21H2,2-6H3. The molecule has 3 atom stereocenters. The SMILES string of the molecule is C=CCCC1(CCCCCC(CC)(CC(C)CC)C(C)CCC)CC1. The molecule has 1 saturated carbocycles. The molecule has 0 aliphatic heterocycles. The Labute approximate surface area is 160 Å². The van der Waals surface area contributed by atoms with Gasteiger partial charge >= 0.3 is 0 Å². The summed E-state index contributed by atoms with van der Waals surface area (Å²) in [4.78, 5) is 0. The van der Waals surface area contributed by atoms with E-state index in [0.717, 1.165) is 17.3 Å². The van der Waals surface area contributed by atoms with Crippen LogP contribution in [0, 0.1) is 22.7 Å². The van der Waals surface area contributed by atoms with Crippen LogP contribution in [0.5, 0.6) is 0 Å². The van der Waals surface area contributed by atoms with Crippen molar-refractivity contribution in [3.63, 3.8) is 0 Å². The highest BCUT2D eigenvalue weighted by molar-refractivity contribution is 4.94. The van der Waals surface area contributed by atoms with Gasteiger partial charge in [0.2, 0.25) is 0 Å². The molecule has 0 bridgehead atoms. The van der Waals surface area contributed by atoms with E-state index >= 15 is 0 Å². The summed E-state index contributed by atoms with van der Waals surface area (Å²) in [7, 11) is 0. The van der Waals surface area contributed by atoms with Crippen molar-refractivity contribution in [2.45, 2.75) is 125 Å². The molecule has 1 fully saturated rings. The quantitative estimate of drug-likeness (QED) is 0.193. The average Bonchev–Trinajstić information content (AvgIpc) is 3.38. The Balaban J connectivity index is 2.44. The molecule has 1 aliphatic carbocycles. The lowest BCUT2D eigenvalue weighted by Gasteiger charge is -2.41. The van der Waals surface area contributed by atoms with Crippen molar-refractivity contribution in [3.8, 4) is 0 Å². The summed E-state index contributed by atoms with van der Waals surface area (Å²) in [5.41, 5.74) is 1.34. The summed E-state index contributed by atoms with van der Waals surface area (Å²) in [5, 5.41) is 0. The van der Waals surface area contributed by atoms with Crippen molar-refractivity contribution in [2.24, 2.45) is 22.7 Å². The van der Waals surface area contributed by atoms with Gasteiger partial charge in [-0.25, -0.2) is 0 Å². The minimum atomic E-state index is 0.603. The molecule has 0 aromatic carbocycles. The molecule has 0 heteroatoms. The molecule has 0 aromatic rings. The van der Waals surface area contributed by atoms with Crippen LogP contribution < -0.4 is 0 Å². The predicted molar refractivity (Wildman–Crippen MR) is 115 cm³/mol. The van der Waals surface area contributed by atoms with Crippen molar-refractivity contribution in [2.75, 3.05) is 0 Å². The van der Waals surface area contributed by atoms with Gasteiger partial charge < -0.3 is 0 Å². The summed E-state index contributed by atoms with van der Waals surface area (Å²) in [6.07, 6.45) is 21.9. The first-order chi connectivity index (χ1) is 12.0. The second-order valence-electron chi connectivity index (χ2n) is 9.51. The van der Waals surface area contributed by atoms with Crippen LogP contribution in [0.4, 0.5) is 0 Å². The smallest absolute Gasteiger partial charge is 0.0272 e. The van der Waals surface area contributed by atoms with E-state index in [1.54, 1.807) is 0 Å². The Hall–Kier alpha value is -0.260. The highest BCUT2D eigenvalue weighted by atomic mass is 14.5. The molecule has 148 valence electrons. The number of unbranched alkanes of at least 4 members (excludes halogenated alkanes) is 2. The minimum Gasteiger partial charge on any atom is -0.103 e.